The fraction of sp³-hybridized carbons (Fsp3) is 0.171. The molecule has 12 heteroatoms. The van der Waals surface area contributed by atoms with Gasteiger partial charge in [-0.25, -0.2) is 0 Å². The minimum atomic E-state index is -2.36. The van der Waals surface area contributed by atoms with Crippen molar-refractivity contribution in [2.24, 2.45) is 0 Å². The third kappa shape index (κ3) is 12.7. The van der Waals surface area contributed by atoms with Crippen LogP contribution in [0, 0.1) is 27.7 Å². The highest BCUT2D eigenvalue weighted by molar-refractivity contribution is 7.70. The number of aromatic nitrogens is 4. The molecule has 0 radical (unpaired) electrons. The van der Waals surface area contributed by atoms with Crippen molar-refractivity contribution in [1.29, 1.82) is 0 Å². The fourth-order valence-electron chi connectivity index (χ4n) is 12.7. The molecule has 15 rings (SSSR count). The molecule has 1 fully saturated rings. The second kappa shape index (κ2) is 25.1. The van der Waals surface area contributed by atoms with Gasteiger partial charge in [-0.3, -0.25) is 19.9 Å². The highest BCUT2D eigenvalue weighted by Crippen LogP contribution is 2.43. The summed E-state index contributed by atoms with van der Waals surface area (Å²) in [4.78, 5) is 18.9. The topological polar surface area (TPSA) is 104 Å². The Bertz CT molecular complexity index is 5430. The first-order chi connectivity index (χ1) is 44.9. The lowest BCUT2D eigenvalue weighted by atomic mass is 9.77. The van der Waals surface area contributed by atoms with Gasteiger partial charge in [-0.15, -0.1) is 0 Å². The molecule has 1 aliphatic heterocycles. The van der Waals surface area contributed by atoms with E-state index in [9.17, 15) is 9.13 Å². The molecule has 1 aliphatic rings. The number of hydrogen-bond donors (Lipinski definition) is 0. The van der Waals surface area contributed by atoms with Crippen molar-refractivity contribution in [3.05, 3.63) is 258 Å². The summed E-state index contributed by atoms with van der Waals surface area (Å²) in [5, 5.41) is 11.5. The first-order valence-corrected chi connectivity index (χ1v) is 37.4. The summed E-state index contributed by atoms with van der Waals surface area (Å²) in [6, 6.07) is 80.0. The Labute approximate surface area is 556 Å². The van der Waals surface area contributed by atoms with Crippen molar-refractivity contribution in [3.8, 4) is 55.6 Å². The monoisotopic (exact) mass is 1290 g/mol. The van der Waals surface area contributed by atoms with Gasteiger partial charge in [0.05, 0.1) is 38.3 Å². The van der Waals surface area contributed by atoms with Gasteiger partial charge in [0, 0.05) is 54.9 Å². The predicted octanol–water partition coefficient (Wildman–Crippen LogP) is 20.6. The molecule has 0 amide bonds. The number of benzene rings is 10. The SMILES string of the molecule is CC1(C)OB(c2cccc(-c3ccc(-c4cccc(P(C)(C)=O)c4)c4ccccc34)c2)OC1(C)C.Cc1ccc2ccc3c(-c4cccc(-c5ccc(-c6cccc(P(C)(C)=O)c6)c6ccccc56)c4)cc(C)nc3c2n1.Cc1ccc2ccc3c(Cl)cc(C)nc3c2n1. The molecule has 0 saturated carbocycles. The molecule has 1 saturated heterocycles. The molecule has 0 aliphatic carbocycles. The molecular weight excluding hydrogens is 1210 g/mol. The predicted molar refractivity (Wildman–Crippen MR) is 401 cm³/mol. The van der Waals surface area contributed by atoms with Crippen molar-refractivity contribution >= 4 is 114 Å². The summed E-state index contributed by atoms with van der Waals surface area (Å²) in [7, 11) is -5.10. The van der Waals surface area contributed by atoms with Crippen LogP contribution in [0.25, 0.3) is 121 Å². The smallest absolute Gasteiger partial charge is 0.399 e. The van der Waals surface area contributed by atoms with Gasteiger partial charge >= 0.3 is 7.12 Å². The molecule has 0 bridgehead atoms. The van der Waals surface area contributed by atoms with Crippen molar-refractivity contribution in [1.82, 2.24) is 19.9 Å². The number of halogens is 1. The van der Waals surface area contributed by atoms with E-state index >= 15 is 0 Å². The maximum Gasteiger partial charge on any atom is 0.494 e. The molecule has 5 heterocycles. The van der Waals surface area contributed by atoms with Gasteiger partial charge in [-0.05, 0) is 207 Å². The molecule has 4 aromatic heterocycles. The minimum Gasteiger partial charge on any atom is -0.399 e. The molecule has 0 N–H and O–H groups in total. The Balaban J connectivity index is 0.000000139. The summed E-state index contributed by atoms with van der Waals surface area (Å²) >= 11 is 6.23. The number of aryl methyl sites for hydroxylation is 4. The van der Waals surface area contributed by atoms with E-state index in [1.807, 2.05) is 102 Å². The minimum absolute atomic E-state index is 0.377. The number of hydrogen-bond acceptors (Lipinski definition) is 8. The van der Waals surface area contributed by atoms with E-state index in [-0.39, 0.29) is 11.2 Å². The maximum atomic E-state index is 12.8. The van der Waals surface area contributed by atoms with Crippen LogP contribution in [0.2, 0.25) is 5.02 Å². The largest absolute Gasteiger partial charge is 0.494 e. The van der Waals surface area contributed by atoms with Crippen LogP contribution < -0.4 is 16.1 Å². The van der Waals surface area contributed by atoms with Crippen molar-refractivity contribution < 1.29 is 18.4 Å². The van der Waals surface area contributed by atoms with Crippen LogP contribution in [0.1, 0.15) is 50.5 Å². The van der Waals surface area contributed by atoms with Gasteiger partial charge in [0.1, 0.15) is 14.3 Å². The van der Waals surface area contributed by atoms with Crippen LogP contribution >= 0.6 is 25.9 Å². The summed E-state index contributed by atoms with van der Waals surface area (Å²) in [5.41, 5.74) is 19.2. The van der Waals surface area contributed by atoms with Gasteiger partial charge in [-0.2, -0.15) is 0 Å². The second-order valence-corrected chi connectivity index (χ2v) is 33.4. The number of pyridine rings is 4. The Hall–Kier alpha value is -8.91. The lowest BCUT2D eigenvalue weighted by Crippen LogP contribution is -2.41. The Morgan fingerprint density at radius 1 is 0.340 bits per heavy atom. The molecule has 0 spiro atoms. The van der Waals surface area contributed by atoms with Gasteiger partial charge in [0.15, 0.2) is 0 Å². The quantitative estimate of drug-likeness (QED) is 0.0842. The molecule has 14 aromatic rings. The van der Waals surface area contributed by atoms with Crippen molar-refractivity contribution in [2.75, 3.05) is 26.7 Å². The van der Waals surface area contributed by atoms with Crippen LogP contribution in [-0.4, -0.2) is 64.9 Å². The zero-order valence-corrected chi connectivity index (χ0v) is 57.8. The van der Waals surface area contributed by atoms with Crippen molar-refractivity contribution in [2.45, 2.75) is 66.6 Å². The van der Waals surface area contributed by atoms with E-state index in [2.05, 4.69) is 221 Å². The van der Waals surface area contributed by atoms with E-state index in [0.29, 0.717) is 0 Å². The van der Waals surface area contributed by atoms with E-state index < -0.39 is 21.4 Å². The second-order valence-electron chi connectivity index (χ2n) is 26.5. The Morgan fingerprint density at radius 2 is 0.702 bits per heavy atom. The molecule has 466 valence electrons. The lowest BCUT2D eigenvalue weighted by molar-refractivity contribution is 0.00578. The van der Waals surface area contributed by atoms with E-state index in [0.717, 1.165) is 138 Å². The summed E-state index contributed by atoms with van der Waals surface area (Å²) in [6.45, 7) is 23.6. The van der Waals surface area contributed by atoms with Crippen LogP contribution in [0.5, 0.6) is 0 Å². The van der Waals surface area contributed by atoms with Gasteiger partial charge in [0.2, 0.25) is 0 Å². The van der Waals surface area contributed by atoms with Gasteiger partial charge in [0.25, 0.3) is 0 Å². The zero-order valence-electron chi connectivity index (χ0n) is 55.2. The molecular formula is C82H74BClN4O4P2. The highest BCUT2D eigenvalue weighted by atomic mass is 35.5. The third-order valence-electron chi connectivity index (χ3n) is 18.4. The molecule has 94 heavy (non-hydrogen) atoms. The van der Waals surface area contributed by atoms with Crippen LogP contribution in [-0.2, 0) is 18.4 Å². The molecule has 0 atom stereocenters. The first kappa shape index (κ1) is 63.8. The average molecular weight is 1290 g/mol. The lowest BCUT2D eigenvalue weighted by Gasteiger charge is -2.32. The fourth-order valence-corrected chi connectivity index (χ4v) is 14.8. The third-order valence-corrected chi connectivity index (χ3v) is 21.7. The van der Waals surface area contributed by atoms with Crippen molar-refractivity contribution in [3.63, 3.8) is 0 Å². The van der Waals surface area contributed by atoms with E-state index in [4.69, 9.17) is 30.9 Å². The Kier molecular flexibility index (Phi) is 17.0. The molecule has 0 unspecified atom stereocenters. The summed E-state index contributed by atoms with van der Waals surface area (Å²) in [6.07, 6.45) is 0. The molecule has 8 nitrogen and oxygen atoms in total. The maximum absolute atomic E-state index is 12.8. The summed E-state index contributed by atoms with van der Waals surface area (Å²) < 4.78 is 38.1. The van der Waals surface area contributed by atoms with E-state index in [1.54, 1.807) is 0 Å². The highest BCUT2D eigenvalue weighted by Gasteiger charge is 2.51. The van der Waals surface area contributed by atoms with Crippen LogP contribution in [0.3, 0.4) is 0 Å². The van der Waals surface area contributed by atoms with E-state index in [1.165, 1.54) is 27.1 Å². The number of rotatable bonds is 8. The molecule has 10 aromatic carbocycles. The zero-order chi connectivity index (χ0) is 66.0. The normalized spacial score (nSPS) is 13.7. The number of nitrogens with zero attached hydrogens (tertiary/aromatic N) is 4. The number of fused-ring (bicyclic) bond motifs is 8. The average Bonchev–Trinajstić information content (AvgIpc) is 1.08. The van der Waals surface area contributed by atoms with Crippen LogP contribution in [0.15, 0.2) is 231 Å². The standard InChI is InChI=1S/C38H31N2OP.C30H32BO3P.C14H11ClN2/c1-24-15-16-26-17-18-35-36(21-25(2)40-38(35)37(26)39-24)28-10-7-9-27(22-28)31-19-20-32(34-14-6-5-13-33(31)34)29-11-8-12-30(23-29)42(3,4)41;1-29(2)30(3,4)34-31(33-29)23-13-9-11-21(19-23)25-17-18-26(28-16-8-7-15-27(25)28)22-12-10-14-24(20-22)35(5,6)32;1-8-3-4-10-5-6-11-12(15)7-9(2)17-14(11)13(10)16-8/h5-23H,1-4H3;7-20H,1-6H3;3-7H,1-2H3. The first-order valence-electron chi connectivity index (χ1n) is 31.8. The Morgan fingerprint density at radius 3 is 1.16 bits per heavy atom. The summed E-state index contributed by atoms with van der Waals surface area (Å²) in [5.74, 6) is 0. The van der Waals surface area contributed by atoms with Gasteiger partial charge < -0.3 is 18.4 Å². The van der Waals surface area contributed by atoms with Gasteiger partial charge in [-0.1, -0.05) is 200 Å². The van der Waals surface area contributed by atoms with Crippen LogP contribution in [0.4, 0.5) is 0 Å².